The molecule has 2 heterocycles. The highest BCUT2D eigenvalue weighted by Crippen LogP contribution is 2.25. The van der Waals surface area contributed by atoms with Gasteiger partial charge in [0.05, 0.1) is 0 Å². The Morgan fingerprint density at radius 1 is 0.957 bits per heavy atom. The smallest absolute Gasteiger partial charge is 0.00697 e. The van der Waals surface area contributed by atoms with E-state index in [0.29, 0.717) is 0 Å². The largest absolute Gasteiger partial charge is 0.317 e. The van der Waals surface area contributed by atoms with E-state index in [1.165, 1.54) is 97.1 Å². The standard InChI is InChI=1S/C20H39N3/c1-17-3-2-4-20(15-17)22-16-19-8-13-23(14-9-19)12-7-18-5-10-21-11-6-18/h17-22H,2-16H2,1H3. The summed E-state index contributed by atoms with van der Waals surface area (Å²) in [5, 5.41) is 7.38. The predicted octanol–water partition coefficient (Wildman–Crippen LogP) is 3.26. The first-order chi connectivity index (χ1) is 11.3. The van der Waals surface area contributed by atoms with Gasteiger partial charge in [-0.05, 0) is 102 Å². The Hall–Kier alpha value is -0.120. The topological polar surface area (TPSA) is 27.3 Å². The average molecular weight is 322 g/mol. The first-order valence-corrected chi connectivity index (χ1v) is 10.5. The Kier molecular flexibility index (Phi) is 7.22. The van der Waals surface area contributed by atoms with Crippen LogP contribution in [0.4, 0.5) is 0 Å². The van der Waals surface area contributed by atoms with Gasteiger partial charge in [0.15, 0.2) is 0 Å². The van der Waals surface area contributed by atoms with Crippen LogP contribution in [-0.4, -0.2) is 50.2 Å². The Labute approximate surface area is 144 Å². The zero-order valence-electron chi connectivity index (χ0n) is 15.4. The molecule has 3 rings (SSSR count). The van der Waals surface area contributed by atoms with Crippen molar-refractivity contribution < 1.29 is 0 Å². The summed E-state index contributed by atoms with van der Waals surface area (Å²) in [5.41, 5.74) is 0. The maximum atomic E-state index is 3.89. The molecule has 0 aromatic heterocycles. The van der Waals surface area contributed by atoms with Crippen molar-refractivity contribution in [2.24, 2.45) is 17.8 Å². The van der Waals surface area contributed by atoms with Gasteiger partial charge in [-0.3, -0.25) is 0 Å². The van der Waals surface area contributed by atoms with Gasteiger partial charge in [-0.2, -0.15) is 0 Å². The van der Waals surface area contributed by atoms with Gasteiger partial charge in [0.1, 0.15) is 0 Å². The molecule has 23 heavy (non-hydrogen) atoms. The molecular formula is C20H39N3. The molecule has 3 aliphatic rings. The van der Waals surface area contributed by atoms with Gasteiger partial charge < -0.3 is 15.5 Å². The van der Waals surface area contributed by atoms with Crippen LogP contribution in [0.2, 0.25) is 0 Å². The van der Waals surface area contributed by atoms with Crippen LogP contribution < -0.4 is 10.6 Å². The van der Waals surface area contributed by atoms with Crippen LogP contribution in [0, 0.1) is 17.8 Å². The van der Waals surface area contributed by atoms with Crippen molar-refractivity contribution in [1.29, 1.82) is 0 Å². The summed E-state index contributed by atoms with van der Waals surface area (Å²) < 4.78 is 0. The summed E-state index contributed by atoms with van der Waals surface area (Å²) in [7, 11) is 0. The number of piperidine rings is 2. The number of nitrogens with zero attached hydrogens (tertiary/aromatic N) is 1. The summed E-state index contributed by atoms with van der Waals surface area (Å²) >= 11 is 0. The highest BCUT2D eigenvalue weighted by atomic mass is 15.1. The third-order valence-electron chi connectivity index (χ3n) is 6.65. The van der Waals surface area contributed by atoms with Gasteiger partial charge in [-0.25, -0.2) is 0 Å². The van der Waals surface area contributed by atoms with Crippen molar-refractivity contribution in [3.05, 3.63) is 0 Å². The Balaban J connectivity index is 1.26. The lowest BCUT2D eigenvalue weighted by Crippen LogP contribution is -2.41. The molecule has 0 spiro atoms. The van der Waals surface area contributed by atoms with Crippen molar-refractivity contribution in [2.75, 3.05) is 39.3 Å². The van der Waals surface area contributed by atoms with Crippen molar-refractivity contribution in [3.63, 3.8) is 0 Å². The molecule has 2 unspecified atom stereocenters. The third-order valence-corrected chi connectivity index (χ3v) is 6.65. The quantitative estimate of drug-likeness (QED) is 0.786. The molecule has 3 fully saturated rings. The number of likely N-dealkylation sites (tertiary alicyclic amines) is 1. The zero-order valence-corrected chi connectivity index (χ0v) is 15.4. The number of nitrogens with one attached hydrogen (secondary N) is 2. The fourth-order valence-electron chi connectivity index (χ4n) is 4.90. The molecule has 0 amide bonds. The van der Waals surface area contributed by atoms with E-state index < -0.39 is 0 Å². The van der Waals surface area contributed by atoms with Crippen LogP contribution in [0.5, 0.6) is 0 Å². The highest BCUT2D eigenvalue weighted by molar-refractivity contribution is 4.80. The molecule has 0 bridgehead atoms. The summed E-state index contributed by atoms with van der Waals surface area (Å²) in [5.74, 6) is 2.87. The summed E-state index contributed by atoms with van der Waals surface area (Å²) in [4.78, 5) is 2.74. The lowest BCUT2D eigenvalue weighted by molar-refractivity contribution is 0.162. The minimum absolute atomic E-state index is 0.816. The van der Waals surface area contributed by atoms with E-state index in [1.807, 2.05) is 0 Å². The molecule has 2 atom stereocenters. The van der Waals surface area contributed by atoms with Crippen molar-refractivity contribution in [3.8, 4) is 0 Å². The molecule has 3 nitrogen and oxygen atoms in total. The van der Waals surface area contributed by atoms with E-state index in [2.05, 4.69) is 22.5 Å². The van der Waals surface area contributed by atoms with Gasteiger partial charge in [-0.1, -0.05) is 19.8 Å². The molecule has 0 radical (unpaired) electrons. The molecule has 134 valence electrons. The molecular weight excluding hydrogens is 282 g/mol. The van der Waals surface area contributed by atoms with Gasteiger partial charge in [0.2, 0.25) is 0 Å². The Morgan fingerprint density at radius 2 is 1.74 bits per heavy atom. The summed E-state index contributed by atoms with van der Waals surface area (Å²) in [6.45, 7) is 10.2. The van der Waals surface area contributed by atoms with Crippen molar-refractivity contribution >= 4 is 0 Å². The van der Waals surface area contributed by atoms with Crippen LogP contribution in [0.15, 0.2) is 0 Å². The number of hydrogen-bond acceptors (Lipinski definition) is 3. The molecule has 3 heteroatoms. The van der Waals surface area contributed by atoms with E-state index in [0.717, 1.165) is 23.8 Å². The van der Waals surface area contributed by atoms with Crippen molar-refractivity contribution in [2.45, 2.75) is 70.8 Å². The SMILES string of the molecule is CC1CCCC(NCC2CCN(CCC3CCNCC3)CC2)C1. The van der Waals surface area contributed by atoms with Crippen molar-refractivity contribution in [1.82, 2.24) is 15.5 Å². The lowest BCUT2D eigenvalue weighted by atomic mass is 9.86. The Morgan fingerprint density at radius 3 is 2.48 bits per heavy atom. The normalized spacial score (nSPS) is 32.2. The van der Waals surface area contributed by atoms with E-state index in [9.17, 15) is 0 Å². The van der Waals surface area contributed by atoms with Crippen LogP contribution in [0.1, 0.15) is 64.7 Å². The summed E-state index contributed by atoms with van der Waals surface area (Å²) in [6, 6.07) is 0.816. The molecule has 2 saturated heterocycles. The summed E-state index contributed by atoms with van der Waals surface area (Å²) in [6.07, 6.45) is 12.8. The van der Waals surface area contributed by atoms with Gasteiger partial charge in [-0.15, -0.1) is 0 Å². The van der Waals surface area contributed by atoms with E-state index >= 15 is 0 Å². The van der Waals surface area contributed by atoms with Crippen LogP contribution in [-0.2, 0) is 0 Å². The van der Waals surface area contributed by atoms with E-state index in [4.69, 9.17) is 0 Å². The second-order valence-electron chi connectivity index (χ2n) is 8.64. The second-order valence-corrected chi connectivity index (χ2v) is 8.64. The molecule has 1 aliphatic carbocycles. The van der Waals surface area contributed by atoms with E-state index in [1.54, 1.807) is 0 Å². The molecule has 1 saturated carbocycles. The second kappa shape index (κ2) is 9.39. The van der Waals surface area contributed by atoms with Crippen LogP contribution in [0.3, 0.4) is 0 Å². The molecule has 0 aromatic rings. The van der Waals surface area contributed by atoms with Crippen LogP contribution >= 0.6 is 0 Å². The van der Waals surface area contributed by atoms with E-state index in [-0.39, 0.29) is 0 Å². The Bertz CT molecular complexity index is 319. The van der Waals surface area contributed by atoms with Gasteiger partial charge >= 0.3 is 0 Å². The molecule has 2 aliphatic heterocycles. The fourth-order valence-corrected chi connectivity index (χ4v) is 4.90. The minimum atomic E-state index is 0.816. The maximum Gasteiger partial charge on any atom is 0.00697 e. The number of hydrogen-bond donors (Lipinski definition) is 2. The van der Waals surface area contributed by atoms with Gasteiger partial charge in [0, 0.05) is 6.04 Å². The maximum absolute atomic E-state index is 3.89. The first kappa shape index (κ1) is 17.7. The predicted molar refractivity (Wildman–Crippen MR) is 98.8 cm³/mol. The van der Waals surface area contributed by atoms with Gasteiger partial charge in [0.25, 0.3) is 0 Å². The first-order valence-electron chi connectivity index (χ1n) is 10.5. The molecule has 0 aromatic carbocycles. The zero-order chi connectivity index (χ0) is 15.9. The lowest BCUT2D eigenvalue weighted by Gasteiger charge is -2.35. The third kappa shape index (κ3) is 6.03. The fraction of sp³-hybridized carbons (Fsp3) is 1.00. The minimum Gasteiger partial charge on any atom is -0.317 e. The highest BCUT2D eigenvalue weighted by Gasteiger charge is 2.23. The monoisotopic (exact) mass is 321 g/mol. The molecule has 2 N–H and O–H groups in total. The average Bonchev–Trinajstić information content (AvgIpc) is 2.60. The van der Waals surface area contributed by atoms with Crippen LogP contribution in [0.25, 0.3) is 0 Å². The number of rotatable bonds is 6.